The minimum atomic E-state index is 0.0874. The van der Waals surface area contributed by atoms with Crippen LogP contribution in [-0.4, -0.2) is 31.5 Å². The Labute approximate surface area is 126 Å². The normalized spacial score (nSPS) is 11.0. The van der Waals surface area contributed by atoms with Gasteiger partial charge in [0.05, 0.1) is 19.3 Å². The average Bonchev–Trinajstić information content (AvgIpc) is 2.56. The van der Waals surface area contributed by atoms with Crippen LogP contribution in [0.3, 0.4) is 0 Å². The van der Waals surface area contributed by atoms with E-state index in [0.717, 1.165) is 13.0 Å². The van der Waals surface area contributed by atoms with Crippen LogP contribution in [0.25, 0.3) is 0 Å². The van der Waals surface area contributed by atoms with Crippen molar-refractivity contribution < 1.29 is 9.84 Å². The fraction of sp³-hybridized carbons (Fsp3) is 0.333. The first-order valence-corrected chi connectivity index (χ1v) is 7.43. The summed E-state index contributed by atoms with van der Waals surface area (Å²) in [6.45, 7) is 2.05. The summed E-state index contributed by atoms with van der Waals surface area (Å²) in [7, 11) is 0. The highest BCUT2D eigenvalue weighted by Gasteiger charge is 2.12. The van der Waals surface area contributed by atoms with E-state index in [-0.39, 0.29) is 12.6 Å². The van der Waals surface area contributed by atoms with E-state index >= 15 is 0 Å². The van der Waals surface area contributed by atoms with Gasteiger partial charge >= 0.3 is 0 Å². The van der Waals surface area contributed by atoms with Crippen molar-refractivity contribution >= 4 is 0 Å². The molecule has 21 heavy (non-hydrogen) atoms. The Morgan fingerprint density at radius 3 is 1.95 bits per heavy atom. The Balaban J connectivity index is 1.94. The number of aliphatic hydroxyl groups is 1. The zero-order valence-corrected chi connectivity index (χ0v) is 12.2. The lowest BCUT2D eigenvalue weighted by Crippen LogP contribution is -2.24. The van der Waals surface area contributed by atoms with E-state index in [2.05, 4.69) is 53.8 Å². The van der Waals surface area contributed by atoms with Gasteiger partial charge in [-0.2, -0.15) is 0 Å². The van der Waals surface area contributed by atoms with Crippen molar-refractivity contribution in [3.8, 4) is 0 Å². The molecule has 2 aromatic rings. The lowest BCUT2D eigenvalue weighted by Gasteiger charge is -2.20. The van der Waals surface area contributed by atoms with Gasteiger partial charge in [-0.05, 0) is 24.1 Å². The van der Waals surface area contributed by atoms with Gasteiger partial charge in [-0.1, -0.05) is 60.7 Å². The van der Waals surface area contributed by atoms with E-state index < -0.39 is 0 Å². The Morgan fingerprint density at radius 2 is 1.43 bits per heavy atom. The van der Waals surface area contributed by atoms with E-state index in [0.29, 0.717) is 13.2 Å². The van der Waals surface area contributed by atoms with E-state index in [1.54, 1.807) is 0 Å². The molecule has 2 N–H and O–H groups in total. The molecule has 2 rings (SSSR count). The maximum absolute atomic E-state index is 8.67. The molecular formula is C18H23NO2. The van der Waals surface area contributed by atoms with Crippen molar-refractivity contribution in [2.75, 3.05) is 26.4 Å². The molecule has 0 bridgehead atoms. The molecule has 0 spiro atoms. The molecule has 112 valence electrons. The van der Waals surface area contributed by atoms with Gasteiger partial charge in [-0.3, -0.25) is 0 Å². The summed E-state index contributed by atoms with van der Waals surface area (Å²) in [6, 6.07) is 21.1. The van der Waals surface area contributed by atoms with Crippen LogP contribution in [-0.2, 0) is 4.74 Å². The molecule has 0 unspecified atom stereocenters. The standard InChI is InChI=1S/C18H23NO2/c20-13-15-21-14-7-12-19-18(16-8-3-1-4-9-16)17-10-5-2-6-11-17/h1-6,8-11,18-20H,7,12-15H2. The van der Waals surface area contributed by atoms with Crippen LogP contribution < -0.4 is 5.32 Å². The molecule has 0 heterocycles. The Morgan fingerprint density at radius 1 is 0.857 bits per heavy atom. The van der Waals surface area contributed by atoms with Gasteiger partial charge in [0.15, 0.2) is 0 Å². The topological polar surface area (TPSA) is 41.5 Å². The lowest BCUT2D eigenvalue weighted by atomic mass is 9.99. The van der Waals surface area contributed by atoms with Gasteiger partial charge in [0.2, 0.25) is 0 Å². The van der Waals surface area contributed by atoms with Crippen LogP contribution in [0.15, 0.2) is 60.7 Å². The fourth-order valence-corrected chi connectivity index (χ4v) is 2.31. The maximum Gasteiger partial charge on any atom is 0.0697 e. The summed E-state index contributed by atoms with van der Waals surface area (Å²) < 4.78 is 5.29. The maximum atomic E-state index is 8.67. The van der Waals surface area contributed by atoms with Gasteiger partial charge in [-0.25, -0.2) is 0 Å². The molecule has 0 aromatic heterocycles. The first-order chi connectivity index (χ1) is 10.4. The molecule has 0 amide bonds. The van der Waals surface area contributed by atoms with Crippen LogP contribution >= 0.6 is 0 Å². The van der Waals surface area contributed by atoms with E-state index in [4.69, 9.17) is 9.84 Å². The smallest absolute Gasteiger partial charge is 0.0697 e. The summed E-state index contributed by atoms with van der Waals surface area (Å²) in [5.74, 6) is 0. The summed E-state index contributed by atoms with van der Waals surface area (Å²) in [5.41, 5.74) is 2.53. The van der Waals surface area contributed by atoms with E-state index in [9.17, 15) is 0 Å². The molecule has 0 atom stereocenters. The average molecular weight is 285 g/mol. The van der Waals surface area contributed by atoms with Crippen molar-refractivity contribution in [2.45, 2.75) is 12.5 Å². The Hall–Kier alpha value is -1.68. The molecule has 0 aliphatic rings. The molecule has 2 aromatic carbocycles. The second kappa shape index (κ2) is 9.29. The highest BCUT2D eigenvalue weighted by Crippen LogP contribution is 2.21. The zero-order valence-electron chi connectivity index (χ0n) is 12.2. The third kappa shape index (κ3) is 5.31. The van der Waals surface area contributed by atoms with Crippen LogP contribution in [0.5, 0.6) is 0 Å². The number of hydrogen-bond acceptors (Lipinski definition) is 3. The second-order valence-electron chi connectivity index (χ2n) is 4.90. The monoisotopic (exact) mass is 285 g/mol. The quantitative estimate of drug-likeness (QED) is 0.696. The molecule has 3 heteroatoms. The second-order valence-corrected chi connectivity index (χ2v) is 4.90. The third-order valence-electron chi connectivity index (χ3n) is 3.32. The highest BCUT2D eigenvalue weighted by atomic mass is 16.5. The summed E-state index contributed by atoms with van der Waals surface area (Å²) in [5, 5.41) is 12.3. The minimum absolute atomic E-state index is 0.0874. The number of aliphatic hydroxyl groups excluding tert-OH is 1. The third-order valence-corrected chi connectivity index (χ3v) is 3.32. The van der Waals surface area contributed by atoms with Crippen molar-refractivity contribution in [2.24, 2.45) is 0 Å². The minimum Gasteiger partial charge on any atom is -0.394 e. The van der Waals surface area contributed by atoms with Crippen LogP contribution in [0.1, 0.15) is 23.6 Å². The van der Waals surface area contributed by atoms with Crippen molar-refractivity contribution in [3.05, 3.63) is 71.8 Å². The SMILES string of the molecule is OCCOCCCNC(c1ccccc1)c1ccccc1. The predicted molar refractivity (Wildman–Crippen MR) is 85.3 cm³/mol. The number of nitrogens with one attached hydrogen (secondary N) is 1. The number of hydrogen-bond donors (Lipinski definition) is 2. The van der Waals surface area contributed by atoms with Crippen molar-refractivity contribution in [3.63, 3.8) is 0 Å². The van der Waals surface area contributed by atoms with Gasteiger partial charge in [0.25, 0.3) is 0 Å². The number of benzene rings is 2. The van der Waals surface area contributed by atoms with Gasteiger partial charge in [0.1, 0.15) is 0 Å². The first-order valence-electron chi connectivity index (χ1n) is 7.43. The number of ether oxygens (including phenoxy) is 1. The van der Waals surface area contributed by atoms with Gasteiger partial charge in [-0.15, -0.1) is 0 Å². The summed E-state index contributed by atoms with van der Waals surface area (Å²) in [6.07, 6.45) is 0.927. The largest absolute Gasteiger partial charge is 0.394 e. The molecule has 0 aliphatic heterocycles. The first kappa shape index (κ1) is 15.7. The fourth-order valence-electron chi connectivity index (χ4n) is 2.31. The van der Waals surface area contributed by atoms with Crippen LogP contribution in [0.4, 0.5) is 0 Å². The Bertz CT molecular complexity index is 448. The molecule has 0 aliphatic carbocycles. The van der Waals surface area contributed by atoms with Gasteiger partial charge < -0.3 is 15.2 Å². The number of rotatable bonds is 9. The Kier molecular flexibility index (Phi) is 6.95. The van der Waals surface area contributed by atoms with Crippen LogP contribution in [0, 0.1) is 0 Å². The molecule has 0 radical (unpaired) electrons. The lowest BCUT2D eigenvalue weighted by molar-refractivity contribution is 0.0905. The van der Waals surface area contributed by atoms with E-state index in [1.165, 1.54) is 11.1 Å². The summed E-state index contributed by atoms with van der Waals surface area (Å²) in [4.78, 5) is 0. The van der Waals surface area contributed by atoms with Crippen LogP contribution in [0.2, 0.25) is 0 Å². The van der Waals surface area contributed by atoms with Crippen molar-refractivity contribution in [1.82, 2.24) is 5.32 Å². The molecule has 3 nitrogen and oxygen atoms in total. The zero-order chi connectivity index (χ0) is 14.8. The molecule has 0 saturated heterocycles. The van der Waals surface area contributed by atoms with E-state index in [1.807, 2.05) is 12.1 Å². The van der Waals surface area contributed by atoms with Gasteiger partial charge in [0, 0.05) is 6.61 Å². The molecular weight excluding hydrogens is 262 g/mol. The van der Waals surface area contributed by atoms with Crippen molar-refractivity contribution in [1.29, 1.82) is 0 Å². The molecule has 0 saturated carbocycles. The highest BCUT2D eigenvalue weighted by molar-refractivity contribution is 5.31. The summed E-state index contributed by atoms with van der Waals surface area (Å²) >= 11 is 0. The predicted octanol–water partition coefficient (Wildman–Crippen LogP) is 2.76. The molecule has 0 fully saturated rings.